The number of aromatic nitrogens is 2. The van der Waals surface area contributed by atoms with Crippen LogP contribution in [0.15, 0.2) is 83.8 Å². The highest BCUT2D eigenvalue weighted by Gasteiger charge is 2.39. The number of sulfonamides is 1. The summed E-state index contributed by atoms with van der Waals surface area (Å²) < 4.78 is 82.3. The summed E-state index contributed by atoms with van der Waals surface area (Å²) in [7, 11) is -3.91. The first kappa shape index (κ1) is 33.3. The Bertz CT molecular complexity index is 1900. The van der Waals surface area contributed by atoms with E-state index in [4.69, 9.17) is 0 Å². The van der Waals surface area contributed by atoms with Gasteiger partial charge in [-0.1, -0.05) is 36.4 Å². The molecule has 0 aliphatic carbocycles. The number of nitrogens with one attached hydrogen (secondary N) is 1. The van der Waals surface area contributed by atoms with Crippen molar-refractivity contribution in [1.82, 2.24) is 19.6 Å². The maximum absolute atomic E-state index is 14.4. The van der Waals surface area contributed by atoms with Crippen molar-refractivity contribution in [2.45, 2.75) is 43.4 Å². The smallest absolute Gasteiger partial charge is 0.366 e. The minimum absolute atomic E-state index is 0.0635. The van der Waals surface area contributed by atoms with Gasteiger partial charge in [0.05, 0.1) is 34.1 Å². The Morgan fingerprint density at radius 3 is 2.29 bits per heavy atom. The molecule has 4 aromatic rings. The van der Waals surface area contributed by atoms with E-state index in [0.29, 0.717) is 67.6 Å². The summed E-state index contributed by atoms with van der Waals surface area (Å²) in [6.45, 7) is 3.80. The number of benzene rings is 3. The summed E-state index contributed by atoms with van der Waals surface area (Å²) in [5.41, 5.74) is 1.66. The second kappa shape index (κ2) is 13.5. The maximum atomic E-state index is 14.4. The van der Waals surface area contributed by atoms with Crippen LogP contribution < -0.4 is 15.1 Å². The molecular formula is C34H34F4N6O3S. The van der Waals surface area contributed by atoms with Crippen molar-refractivity contribution in [3.63, 3.8) is 0 Å². The zero-order valence-electron chi connectivity index (χ0n) is 26.1. The molecule has 2 aliphatic rings. The second-order valence-corrected chi connectivity index (χ2v) is 13.7. The molecule has 1 atom stereocenters. The number of hydrogen-bond donors (Lipinski definition) is 1. The normalized spacial score (nSPS) is 17.5. The van der Waals surface area contributed by atoms with E-state index in [-0.39, 0.29) is 23.8 Å². The van der Waals surface area contributed by atoms with Crippen molar-refractivity contribution in [3.8, 4) is 11.3 Å². The SMILES string of the molecule is Cc1cccc(S(=O)(=O)N2CCC[C@H]2C(=O)NCc2cc(-c3ccc(C(F)(F)F)cc3)nc(N3CCN(c4ccccc4F)CC3)n2)c1. The molecule has 3 heterocycles. The summed E-state index contributed by atoms with van der Waals surface area (Å²) >= 11 is 0. The third-order valence-corrected chi connectivity index (χ3v) is 10.5. The van der Waals surface area contributed by atoms with Crippen LogP contribution in [0.5, 0.6) is 0 Å². The zero-order chi connectivity index (χ0) is 34.1. The first-order valence-corrected chi connectivity index (χ1v) is 17.0. The molecule has 6 rings (SSSR count). The molecule has 1 aromatic heterocycles. The fourth-order valence-corrected chi connectivity index (χ4v) is 7.81. The summed E-state index contributed by atoms with van der Waals surface area (Å²) in [6, 6.07) is 18.4. The van der Waals surface area contributed by atoms with Gasteiger partial charge in [0, 0.05) is 38.3 Å². The van der Waals surface area contributed by atoms with Crippen molar-refractivity contribution in [2.75, 3.05) is 42.5 Å². The van der Waals surface area contributed by atoms with Crippen molar-refractivity contribution >= 4 is 27.6 Å². The summed E-state index contributed by atoms with van der Waals surface area (Å²) in [4.78, 5) is 26.7. The van der Waals surface area contributed by atoms with Gasteiger partial charge in [0.2, 0.25) is 21.9 Å². The van der Waals surface area contributed by atoms with Gasteiger partial charge in [0.25, 0.3) is 0 Å². The van der Waals surface area contributed by atoms with Crippen LogP contribution in [0.25, 0.3) is 11.3 Å². The molecular weight excluding hydrogens is 648 g/mol. The van der Waals surface area contributed by atoms with Gasteiger partial charge in [0.15, 0.2) is 0 Å². The Labute approximate surface area is 276 Å². The van der Waals surface area contributed by atoms with Gasteiger partial charge in [-0.25, -0.2) is 22.8 Å². The first-order chi connectivity index (χ1) is 22.9. The molecule has 2 saturated heterocycles. The average Bonchev–Trinajstić information content (AvgIpc) is 3.59. The number of nitrogens with zero attached hydrogens (tertiary/aromatic N) is 5. The van der Waals surface area contributed by atoms with Gasteiger partial charge in [-0.15, -0.1) is 0 Å². The Hall–Kier alpha value is -4.56. The molecule has 1 N–H and O–H groups in total. The Morgan fingerprint density at radius 2 is 1.60 bits per heavy atom. The molecule has 48 heavy (non-hydrogen) atoms. The van der Waals surface area contributed by atoms with Crippen molar-refractivity contribution in [1.29, 1.82) is 0 Å². The van der Waals surface area contributed by atoms with Crippen LogP contribution in [0.2, 0.25) is 0 Å². The van der Waals surface area contributed by atoms with Crippen molar-refractivity contribution in [2.24, 2.45) is 0 Å². The second-order valence-electron chi connectivity index (χ2n) is 11.9. The Morgan fingerprint density at radius 1 is 0.896 bits per heavy atom. The minimum atomic E-state index is -4.50. The highest BCUT2D eigenvalue weighted by atomic mass is 32.2. The number of para-hydroxylation sites is 1. The number of rotatable bonds is 8. The first-order valence-electron chi connectivity index (χ1n) is 15.6. The fraction of sp³-hybridized carbons (Fsp3) is 0.324. The number of carbonyl (C=O) groups excluding carboxylic acids is 1. The summed E-state index contributed by atoms with van der Waals surface area (Å²) in [6.07, 6.45) is -3.61. The highest BCUT2D eigenvalue weighted by molar-refractivity contribution is 7.89. The predicted octanol–water partition coefficient (Wildman–Crippen LogP) is 5.41. The lowest BCUT2D eigenvalue weighted by atomic mass is 10.1. The molecule has 0 saturated carbocycles. The number of anilines is 2. The number of halogens is 4. The molecule has 3 aromatic carbocycles. The molecule has 1 amide bonds. The van der Waals surface area contributed by atoms with Gasteiger partial charge >= 0.3 is 6.18 Å². The lowest BCUT2D eigenvalue weighted by Crippen LogP contribution is -2.47. The van der Waals surface area contributed by atoms with Crippen LogP contribution in [-0.2, 0) is 27.5 Å². The lowest BCUT2D eigenvalue weighted by Gasteiger charge is -2.36. The van der Waals surface area contributed by atoms with Gasteiger partial charge in [-0.2, -0.15) is 17.5 Å². The monoisotopic (exact) mass is 682 g/mol. The van der Waals surface area contributed by atoms with E-state index in [2.05, 4.69) is 15.3 Å². The summed E-state index contributed by atoms with van der Waals surface area (Å²) in [5.74, 6) is -0.482. The van der Waals surface area contributed by atoms with Gasteiger partial charge in [0.1, 0.15) is 11.9 Å². The maximum Gasteiger partial charge on any atom is 0.416 e. The number of piperazine rings is 1. The molecule has 2 aliphatic heterocycles. The van der Waals surface area contributed by atoms with Gasteiger partial charge < -0.3 is 15.1 Å². The Kier molecular flexibility index (Phi) is 9.39. The molecule has 252 valence electrons. The molecule has 0 unspecified atom stereocenters. The van der Waals surface area contributed by atoms with Gasteiger partial charge in [-0.05, 0) is 67.8 Å². The molecule has 0 spiro atoms. The molecule has 0 radical (unpaired) electrons. The minimum Gasteiger partial charge on any atom is -0.366 e. The topological polar surface area (TPSA) is 98.7 Å². The van der Waals surface area contributed by atoms with Crippen molar-refractivity contribution in [3.05, 3.63) is 102 Å². The van der Waals surface area contributed by atoms with E-state index in [1.54, 1.807) is 49.4 Å². The molecule has 9 nitrogen and oxygen atoms in total. The van der Waals surface area contributed by atoms with E-state index in [1.807, 2.05) is 9.80 Å². The van der Waals surface area contributed by atoms with E-state index >= 15 is 0 Å². The zero-order valence-corrected chi connectivity index (χ0v) is 26.9. The van der Waals surface area contributed by atoms with Crippen LogP contribution in [0.3, 0.4) is 0 Å². The van der Waals surface area contributed by atoms with Crippen LogP contribution in [0.1, 0.15) is 29.7 Å². The predicted molar refractivity (Wildman–Crippen MR) is 173 cm³/mol. The van der Waals surface area contributed by atoms with E-state index in [1.165, 1.54) is 28.6 Å². The van der Waals surface area contributed by atoms with Crippen LogP contribution in [0.4, 0.5) is 29.2 Å². The third kappa shape index (κ3) is 7.14. The number of hydrogen-bond acceptors (Lipinski definition) is 7. The largest absolute Gasteiger partial charge is 0.416 e. The van der Waals surface area contributed by atoms with Crippen LogP contribution in [-0.4, -0.2) is 67.4 Å². The quantitative estimate of drug-likeness (QED) is 0.249. The van der Waals surface area contributed by atoms with E-state index in [9.17, 15) is 30.8 Å². The number of amides is 1. The van der Waals surface area contributed by atoms with Crippen LogP contribution in [0, 0.1) is 12.7 Å². The lowest BCUT2D eigenvalue weighted by molar-refractivity contribution is -0.137. The number of carbonyl (C=O) groups is 1. The molecule has 2 fully saturated rings. The summed E-state index contributed by atoms with van der Waals surface area (Å²) in [5, 5.41) is 2.83. The number of alkyl halides is 3. The fourth-order valence-electron chi connectivity index (χ4n) is 6.05. The standard InChI is InChI=1S/C34H34F4N6O3S/c1-23-6-4-7-27(20-23)48(46,47)44-15-5-10-31(44)32(45)39-22-26-21-29(24-11-13-25(14-12-24)34(36,37)38)41-33(40-26)43-18-16-42(17-19-43)30-9-3-2-8-28(30)35/h2-4,6-9,11-14,20-21,31H,5,10,15-19,22H2,1H3,(H,39,45)/t31-/m0/s1. The number of aryl methyl sites for hydroxylation is 1. The van der Waals surface area contributed by atoms with E-state index < -0.39 is 33.7 Å². The van der Waals surface area contributed by atoms with E-state index in [0.717, 1.165) is 17.7 Å². The van der Waals surface area contributed by atoms with Crippen molar-refractivity contribution < 1.29 is 30.8 Å². The average molecular weight is 683 g/mol. The third-order valence-electron chi connectivity index (χ3n) is 8.58. The highest BCUT2D eigenvalue weighted by Crippen LogP contribution is 2.32. The van der Waals surface area contributed by atoms with Gasteiger partial charge in [-0.3, -0.25) is 4.79 Å². The molecule has 14 heteroatoms. The molecule has 0 bridgehead atoms. The Balaban J connectivity index is 1.23. The van der Waals surface area contributed by atoms with Crippen LogP contribution >= 0.6 is 0 Å².